The van der Waals surface area contributed by atoms with Crippen molar-refractivity contribution in [2.45, 2.75) is 115 Å². The second kappa shape index (κ2) is 11.0. The molecule has 3 rings (SSSR count). The SMILES string of the molecule is C=CCC1=C(N)[C@@]2(OS1(=O)=O)[C@@H](CO[Si](C)(C)C(C)(C)C)O[C@@H](n1cc(C)c(=O)n(C)c1=O)[C@@H]2O[Si](C)(C)C(C)(C)C. The number of allylic oxidation sites excluding steroid dienone is 2. The van der Waals surface area contributed by atoms with E-state index in [1.807, 2.05) is 33.9 Å². The van der Waals surface area contributed by atoms with E-state index in [2.05, 4.69) is 40.4 Å². The number of rotatable bonds is 8. The van der Waals surface area contributed by atoms with Gasteiger partial charge in [0.1, 0.15) is 12.2 Å². The molecule has 2 N–H and O–H groups in total. The van der Waals surface area contributed by atoms with Crippen LogP contribution in [0.1, 0.15) is 59.8 Å². The Labute approximate surface area is 252 Å². The van der Waals surface area contributed by atoms with Crippen LogP contribution in [0.3, 0.4) is 0 Å². The maximum Gasteiger partial charge on any atom is 0.332 e. The number of nitrogens with two attached hydrogens (primary N) is 1. The van der Waals surface area contributed by atoms with E-state index in [1.165, 1.54) is 23.9 Å². The molecule has 1 aromatic rings. The van der Waals surface area contributed by atoms with Crippen molar-refractivity contribution in [1.29, 1.82) is 0 Å². The van der Waals surface area contributed by atoms with Crippen molar-refractivity contribution >= 4 is 26.8 Å². The molecule has 0 unspecified atom stereocenters. The Morgan fingerprint density at radius 3 is 2.14 bits per heavy atom. The van der Waals surface area contributed by atoms with Gasteiger partial charge < -0.3 is 19.3 Å². The summed E-state index contributed by atoms with van der Waals surface area (Å²) in [5.41, 5.74) is 4.10. The molecule has 3 heterocycles. The van der Waals surface area contributed by atoms with E-state index >= 15 is 0 Å². The number of hydrogen-bond donors (Lipinski definition) is 1. The number of aromatic nitrogens is 2. The zero-order valence-corrected chi connectivity index (χ0v) is 30.0. The summed E-state index contributed by atoms with van der Waals surface area (Å²) in [5, 5.41) is -0.461. The Bertz CT molecular complexity index is 1500. The van der Waals surface area contributed by atoms with Gasteiger partial charge in [0.2, 0.25) is 0 Å². The predicted octanol–water partition coefficient (Wildman–Crippen LogP) is 4.01. The fraction of sp³-hybridized carbons (Fsp3) is 0.714. The van der Waals surface area contributed by atoms with Crippen LogP contribution in [-0.2, 0) is 34.9 Å². The summed E-state index contributed by atoms with van der Waals surface area (Å²) in [6.45, 7) is 25.8. The molecule has 0 aliphatic carbocycles. The first-order valence-corrected chi connectivity index (χ1v) is 21.4. The minimum absolute atomic E-state index is 0.0490. The lowest BCUT2D eigenvalue weighted by atomic mass is 9.88. The van der Waals surface area contributed by atoms with Crippen molar-refractivity contribution in [3.05, 3.63) is 55.9 Å². The van der Waals surface area contributed by atoms with Crippen molar-refractivity contribution in [3.8, 4) is 0 Å². The van der Waals surface area contributed by atoms with E-state index in [4.69, 9.17) is 23.5 Å². The van der Waals surface area contributed by atoms with E-state index in [-0.39, 0.29) is 33.7 Å². The van der Waals surface area contributed by atoms with Gasteiger partial charge in [-0.15, -0.1) is 6.58 Å². The van der Waals surface area contributed by atoms with Crippen LogP contribution >= 0.6 is 0 Å². The van der Waals surface area contributed by atoms with Crippen LogP contribution in [0.5, 0.6) is 0 Å². The smallest absolute Gasteiger partial charge is 0.332 e. The molecule has 2 aliphatic heterocycles. The maximum absolute atomic E-state index is 13.5. The first-order valence-electron chi connectivity index (χ1n) is 14.2. The average molecular weight is 644 g/mol. The molecule has 4 atom stereocenters. The van der Waals surface area contributed by atoms with Crippen molar-refractivity contribution in [2.24, 2.45) is 12.8 Å². The first kappa shape index (κ1) is 34.7. The molecule has 0 aromatic carbocycles. The Morgan fingerprint density at radius 1 is 1.10 bits per heavy atom. The van der Waals surface area contributed by atoms with Crippen molar-refractivity contribution in [3.63, 3.8) is 0 Å². The van der Waals surface area contributed by atoms with Crippen LogP contribution in [0, 0.1) is 6.92 Å². The highest BCUT2D eigenvalue weighted by molar-refractivity contribution is 7.91. The second-order valence-electron chi connectivity index (χ2n) is 14.4. The summed E-state index contributed by atoms with van der Waals surface area (Å²) in [5.74, 6) is 0. The molecular weight excluding hydrogens is 595 g/mol. The van der Waals surface area contributed by atoms with Gasteiger partial charge >= 0.3 is 5.69 Å². The van der Waals surface area contributed by atoms with E-state index in [9.17, 15) is 18.0 Å². The summed E-state index contributed by atoms with van der Waals surface area (Å²) in [6.07, 6.45) is -0.604. The number of aryl methyl sites for hydroxylation is 1. The Balaban J connectivity index is 2.37. The molecule has 11 nitrogen and oxygen atoms in total. The molecule has 2 aliphatic rings. The molecule has 0 saturated carbocycles. The van der Waals surface area contributed by atoms with E-state index < -0.39 is 62.0 Å². The summed E-state index contributed by atoms with van der Waals surface area (Å²) in [4.78, 5) is 26.0. The lowest BCUT2D eigenvalue weighted by Crippen LogP contribution is -2.59. The van der Waals surface area contributed by atoms with Gasteiger partial charge in [-0.1, -0.05) is 47.6 Å². The standard InChI is InChI=1S/C28H49N3O8SSi2/c1-14-15-19-21(29)28(39-40(19,34)35)20(17-36-41(10,11)26(3,4)5)37-24(22(28)38-42(12,13)27(6,7)8)31-16-18(2)23(32)30(9)25(31)33/h14,16,20,22,24H,1,15,17,29H2,2-13H3/t20-,22+,24-,28+/m1/s1. The molecule has 14 heteroatoms. The Hall–Kier alpha value is -1.82. The van der Waals surface area contributed by atoms with Crippen LogP contribution in [0.4, 0.5) is 0 Å². The van der Waals surface area contributed by atoms with E-state index in [1.54, 1.807) is 6.92 Å². The van der Waals surface area contributed by atoms with E-state index in [0.717, 1.165) is 4.57 Å². The summed E-state index contributed by atoms with van der Waals surface area (Å²) in [7, 11) is -8.00. The van der Waals surface area contributed by atoms with Gasteiger partial charge in [-0.05, 0) is 43.2 Å². The van der Waals surface area contributed by atoms with Crippen LogP contribution in [0.15, 0.2) is 39.0 Å². The zero-order chi connectivity index (χ0) is 32.4. The molecule has 42 heavy (non-hydrogen) atoms. The lowest BCUT2D eigenvalue weighted by molar-refractivity contribution is -0.0566. The van der Waals surface area contributed by atoms with Crippen LogP contribution in [0.25, 0.3) is 0 Å². The highest BCUT2D eigenvalue weighted by Gasteiger charge is 2.68. The summed E-state index contributed by atoms with van der Waals surface area (Å²) < 4.78 is 55.5. The molecule has 0 bridgehead atoms. The Kier molecular flexibility index (Phi) is 9.05. The van der Waals surface area contributed by atoms with Gasteiger partial charge in [-0.25, -0.2) is 8.98 Å². The lowest BCUT2D eigenvalue weighted by Gasteiger charge is -2.43. The third-order valence-corrected chi connectivity index (χ3v) is 19.9. The van der Waals surface area contributed by atoms with Crippen LogP contribution in [-0.4, -0.2) is 58.6 Å². The largest absolute Gasteiger partial charge is 0.414 e. The molecule has 1 saturated heterocycles. The van der Waals surface area contributed by atoms with Gasteiger partial charge in [0.15, 0.2) is 28.5 Å². The number of nitrogens with zero attached hydrogens (tertiary/aromatic N) is 2. The van der Waals surface area contributed by atoms with E-state index in [0.29, 0.717) is 5.56 Å². The second-order valence-corrected chi connectivity index (χ2v) is 25.5. The topological polar surface area (TPSA) is 141 Å². The normalized spacial score (nSPS) is 26.8. The molecule has 1 fully saturated rings. The number of hydrogen-bond acceptors (Lipinski definition) is 9. The van der Waals surface area contributed by atoms with Gasteiger partial charge in [-0.3, -0.25) is 13.9 Å². The molecule has 0 amide bonds. The third kappa shape index (κ3) is 5.71. The van der Waals surface area contributed by atoms with Gasteiger partial charge in [0.25, 0.3) is 15.7 Å². The molecule has 238 valence electrons. The summed E-state index contributed by atoms with van der Waals surface area (Å²) >= 11 is 0. The minimum atomic E-state index is -4.32. The highest BCUT2D eigenvalue weighted by atomic mass is 32.2. The highest BCUT2D eigenvalue weighted by Crippen LogP contribution is 2.54. The van der Waals surface area contributed by atoms with Crippen molar-refractivity contribution < 1.29 is 26.2 Å². The molecule has 1 aromatic heterocycles. The van der Waals surface area contributed by atoms with Gasteiger partial charge in [-0.2, -0.15) is 8.42 Å². The quantitative estimate of drug-likeness (QED) is 0.253. The molecular formula is C28H49N3O8SSi2. The van der Waals surface area contributed by atoms with Crippen molar-refractivity contribution in [1.82, 2.24) is 9.13 Å². The first-order chi connectivity index (χ1) is 18.9. The maximum atomic E-state index is 13.5. The predicted molar refractivity (Wildman–Crippen MR) is 169 cm³/mol. The summed E-state index contributed by atoms with van der Waals surface area (Å²) in [6, 6.07) is 0. The number of ether oxygens (including phenoxy) is 1. The zero-order valence-electron chi connectivity index (χ0n) is 27.2. The molecule has 0 radical (unpaired) electrons. The average Bonchev–Trinajstić information content (AvgIpc) is 3.23. The van der Waals surface area contributed by atoms with Gasteiger partial charge in [0.05, 0.1) is 17.2 Å². The fourth-order valence-electron chi connectivity index (χ4n) is 4.68. The van der Waals surface area contributed by atoms with Gasteiger partial charge in [0, 0.05) is 25.2 Å². The van der Waals surface area contributed by atoms with Crippen LogP contribution < -0.4 is 17.0 Å². The van der Waals surface area contributed by atoms with Crippen LogP contribution in [0.2, 0.25) is 36.3 Å². The monoisotopic (exact) mass is 643 g/mol. The Morgan fingerprint density at radius 2 is 1.64 bits per heavy atom. The third-order valence-electron chi connectivity index (χ3n) is 9.45. The van der Waals surface area contributed by atoms with Crippen molar-refractivity contribution in [2.75, 3.05) is 6.61 Å². The fourth-order valence-corrected chi connectivity index (χ4v) is 8.46. The molecule has 1 spiro atoms. The minimum Gasteiger partial charge on any atom is -0.414 e.